The molecule has 1 heterocycles. The number of nitrogens with one attached hydrogen (secondary N) is 2. The fourth-order valence-corrected chi connectivity index (χ4v) is 3.53. The lowest BCUT2D eigenvalue weighted by Gasteiger charge is -2.40. The van der Waals surface area contributed by atoms with Crippen LogP contribution in [0.2, 0.25) is 0 Å². The number of imide groups is 1. The van der Waals surface area contributed by atoms with E-state index in [1.165, 1.54) is 0 Å². The Morgan fingerprint density at radius 2 is 1.91 bits per heavy atom. The molecule has 2 fully saturated rings. The fraction of sp³-hybridized carbons (Fsp3) is 0.812. The van der Waals surface area contributed by atoms with E-state index in [-0.39, 0.29) is 23.8 Å². The van der Waals surface area contributed by atoms with Crippen molar-refractivity contribution < 1.29 is 14.4 Å². The highest BCUT2D eigenvalue weighted by Gasteiger charge is 2.53. The van der Waals surface area contributed by atoms with Gasteiger partial charge in [0.1, 0.15) is 12.1 Å². The van der Waals surface area contributed by atoms with Gasteiger partial charge in [-0.2, -0.15) is 0 Å². The smallest absolute Gasteiger partial charge is 0.325 e. The molecular formula is C16H27N3O3. The molecule has 1 aliphatic heterocycles. The van der Waals surface area contributed by atoms with Crippen LogP contribution < -0.4 is 10.6 Å². The van der Waals surface area contributed by atoms with Crippen molar-refractivity contribution in [3.8, 4) is 0 Å². The summed E-state index contributed by atoms with van der Waals surface area (Å²) in [6.45, 7) is 8.74. The molecular weight excluding hydrogens is 282 g/mol. The Kier molecular flexibility index (Phi) is 4.49. The Bertz CT molecular complexity index is 474. The molecule has 0 bridgehead atoms. The summed E-state index contributed by atoms with van der Waals surface area (Å²) < 4.78 is 0. The molecule has 0 aromatic heterocycles. The third-order valence-corrected chi connectivity index (χ3v) is 4.99. The summed E-state index contributed by atoms with van der Waals surface area (Å²) in [4.78, 5) is 37.5. The van der Waals surface area contributed by atoms with Crippen LogP contribution in [0.1, 0.15) is 53.4 Å². The summed E-state index contributed by atoms with van der Waals surface area (Å²) in [5.41, 5.74) is -0.570. The summed E-state index contributed by atoms with van der Waals surface area (Å²) in [6.07, 6.45) is 3.16. The molecule has 1 saturated carbocycles. The van der Waals surface area contributed by atoms with E-state index in [2.05, 4.69) is 31.4 Å². The van der Waals surface area contributed by atoms with Gasteiger partial charge in [0.25, 0.3) is 5.91 Å². The maximum atomic E-state index is 12.7. The molecule has 1 saturated heterocycles. The van der Waals surface area contributed by atoms with Crippen molar-refractivity contribution in [3.63, 3.8) is 0 Å². The topological polar surface area (TPSA) is 78.5 Å². The Balaban J connectivity index is 2.04. The second-order valence-corrected chi connectivity index (χ2v) is 7.50. The molecule has 1 aliphatic carbocycles. The van der Waals surface area contributed by atoms with E-state index in [0.717, 1.165) is 17.7 Å². The van der Waals surface area contributed by atoms with Gasteiger partial charge >= 0.3 is 6.03 Å². The first kappa shape index (κ1) is 16.8. The minimum Gasteiger partial charge on any atom is -0.355 e. The van der Waals surface area contributed by atoms with E-state index in [9.17, 15) is 14.4 Å². The quantitative estimate of drug-likeness (QED) is 0.778. The summed E-state index contributed by atoms with van der Waals surface area (Å²) in [7, 11) is 0. The van der Waals surface area contributed by atoms with E-state index >= 15 is 0 Å². The van der Waals surface area contributed by atoms with E-state index in [0.29, 0.717) is 25.3 Å². The van der Waals surface area contributed by atoms with Crippen LogP contribution in [-0.4, -0.2) is 41.4 Å². The summed E-state index contributed by atoms with van der Waals surface area (Å²) >= 11 is 0. The average Bonchev–Trinajstić information content (AvgIpc) is 2.63. The third-order valence-electron chi connectivity index (χ3n) is 4.99. The molecule has 2 N–H and O–H groups in total. The van der Waals surface area contributed by atoms with Crippen molar-refractivity contribution in [2.45, 2.75) is 58.9 Å². The van der Waals surface area contributed by atoms with Crippen LogP contribution in [0.4, 0.5) is 4.79 Å². The molecule has 1 spiro atoms. The lowest BCUT2D eigenvalue weighted by molar-refractivity contribution is -0.136. The highest BCUT2D eigenvalue weighted by molar-refractivity contribution is 6.09. The normalized spacial score (nSPS) is 28.9. The largest absolute Gasteiger partial charge is 0.355 e. The average molecular weight is 309 g/mol. The zero-order valence-corrected chi connectivity index (χ0v) is 14.0. The lowest BCUT2D eigenvalue weighted by Crippen LogP contribution is -2.51. The van der Waals surface area contributed by atoms with Gasteiger partial charge in [0.05, 0.1) is 0 Å². The van der Waals surface area contributed by atoms with Crippen molar-refractivity contribution in [2.75, 3.05) is 13.1 Å². The number of hydrogen-bond donors (Lipinski definition) is 2. The number of carbonyl (C=O) groups is 3. The monoisotopic (exact) mass is 309 g/mol. The van der Waals surface area contributed by atoms with Crippen molar-refractivity contribution in [3.05, 3.63) is 0 Å². The first-order valence-corrected chi connectivity index (χ1v) is 8.10. The highest BCUT2D eigenvalue weighted by Crippen LogP contribution is 2.43. The van der Waals surface area contributed by atoms with Crippen LogP contribution in [0.25, 0.3) is 0 Å². The Hall–Kier alpha value is -1.59. The number of hydrogen-bond acceptors (Lipinski definition) is 3. The molecule has 4 amide bonds. The minimum atomic E-state index is -0.786. The summed E-state index contributed by atoms with van der Waals surface area (Å²) in [5.74, 6) is 0.0165. The minimum absolute atomic E-state index is 0.192. The van der Waals surface area contributed by atoms with Crippen LogP contribution >= 0.6 is 0 Å². The van der Waals surface area contributed by atoms with Gasteiger partial charge in [-0.3, -0.25) is 14.5 Å². The van der Waals surface area contributed by atoms with Crippen LogP contribution in [0.15, 0.2) is 0 Å². The van der Waals surface area contributed by atoms with E-state index in [4.69, 9.17) is 0 Å². The number of nitrogens with zero attached hydrogens (tertiary/aromatic N) is 1. The molecule has 0 unspecified atom stereocenters. The van der Waals surface area contributed by atoms with Gasteiger partial charge in [-0.05, 0) is 43.9 Å². The molecule has 0 aromatic carbocycles. The van der Waals surface area contributed by atoms with Crippen molar-refractivity contribution in [1.29, 1.82) is 0 Å². The predicted molar refractivity (Wildman–Crippen MR) is 83.1 cm³/mol. The standard InChI is InChI=1S/C16H27N3O3/c1-5-17-12(20)10-19-13(21)16(18-14(19)22)8-6-11(7-9-16)15(2,3)4/h11H,5-10H2,1-4H3,(H,17,20)(H,18,22). The Morgan fingerprint density at radius 3 is 2.41 bits per heavy atom. The fourth-order valence-electron chi connectivity index (χ4n) is 3.53. The van der Waals surface area contributed by atoms with E-state index < -0.39 is 11.6 Å². The number of rotatable bonds is 3. The molecule has 124 valence electrons. The van der Waals surface area contributed by atoms with E-state index in [1.807, 2.05) is 0 Å². The van der Waals surface area contributed by atoms with Gasteiger partial charge in [-0.25, -0.2) is 4.79 Å². The number of carbonyl (C=O) groups excluding carboxylic acids is 3. The van der Waals surface area contributed by atoms with Crippen LogP contribution in [0.5, 0.6) is 0 Å². The van der Waals surface area contributed by atoms with Crippen LogP contribution in [0, 0.1) is 11.3 Å². The maximum Gasteiger partial charge on any atom is 0.325 e. The van der Waals surface area contributed by atoms with Crippen LogP contribution in [-0.2, 0) is 9.59 Å². The predicted octanol–water partition coefficient (Wildman–Crippen LogP) is 1.65. The van der Waals surface area contributed by atoms with Gasteiger partial charge < -0.3 is 10.6 Å². The van der Waals surface area contributed by atoms with Crippen molar-refractivity contribution in [1.82, 2.24) is 15.5 Å². The van der Waals surface area contributed by atoms with Gasteiger partial charge in [0.15, 0.2) is 0 Å². The lowest BCUT2D eigenvalue weighted by atomic mass is 9.67. The molecule has 0 radical (unpaired) electrons. The maximum absolute atomic E-state index is 12.7. The molecule has 2 aliphatic rings. The van der Waals surface area contributed by atoms with Gasteiger partial charge in [-0.1, -0.05) is 20.8 Å². The van der Waals surface area contributed by atoms with E-state index in [1.54, 1.807) is 6.92 Å². The SMILES string of the molecule is CCNC(=O)CN1C(=O)NC2(CCC(C(C)(C)C)CC2)C1=O. The Labute approximate surface area is 132 Å². The second kappa shape index (κ2) is 5.89. The van der Waals surface area contributed by atoms with Crippen LogP contribution in [0.3, 0.4) is 0 Å². The number of likely N-dealkylation sites (N-methyl/N-ethyl adjacent to an activating group) is 1. The first-order valence-electron chi connectivity index (χ1n) is 8.10. The molecule has 22 heavy (non-hydrogen) atoms. The molecule has 6 heteroatoms. The number of amides is 4. The zero-order chi connectivity index (χ0) is 16.5. The third kappa shape index (κ3) is 3.10. The number of urea groups is 1. The van der Waals surface area contributed by atoms with Crippen molar-refractivity contribution >= 4 is 17.8 Å². The summed E-state index contributed by atoms with van der Waals surface area (Å²) in [5, 5.41) is 5.47. The Morgan fingerprint density at radius 1 is 1.32 bits per heavy atom. The molecule has 0 aromatic rings. The summed E-state index contributed by atoms with van der Waals surface area (Å²) in [6, 6.07) is -0.439. The van der Waals surface area contributed by atoms with Gasteiger partial charge in [0.2, 0.25) is 5.91 Å². The van der Waals surface area contributed by atoms with Gasteiger partial charge in [0, 0.05) is 6.54 Å². The molecule has 2 rings (SSSR count). The second-order valence-electron chi connectivity index (χ2n) is 7.50. The highest BCUT2D eigenvalue weighted by atomic mass is 16.2. The van der Waals surface area contributed by atoms with Crippen molar-refractivity contribution in [2.24, 2.45) is 11.3 Å². The zero-order valence-electron chi connectivity index (χ0n) is 14.0. The molecule has 6 nitrogen and oxygen atoms in total. The first-order chi connectivity index (χ1) is 10.2. The van der Waals surface area contributed by atoms with Gasteiger partial charge in [-0.15, -0.1) is 0 Å². The molecule has 0 atom stereocenters.